The van der Waals surface area contributed by atoms with E-state index in [2.05, 4.69) is 21.3 Å². The number of ketones is 1. The number of benzene rings is 1. The number of carbonyl (C=O) groups is 6. The van der Waals surface area contributed by atoms with Gasteiger partial charge in [-0.1, -0.05) is 58.0 Å². The molecule has 252 valence electrons. The summed E-state index contributed by atoms with van der Waals surface area (Å²) in [6.45, 7) is 13.9. The van der Waals surface area contributed by atoms with Crippen molar-refractivity contribution < 1.29 is 38.2 Å². The second-order valence-corrected chi connectivity index (χ2v) is 13.0. The quantitative estimate of drug-likeness (QED) is 0.147. The van der Waals surface area contributed by atoms with E-state index in [4.69, 9.17) is 21.1 Å². The summed E-state index contributed by atoms with van der Waals surface area (Å²) in [5.74, 6) is -3.70. The maximum Gasteiger partial charge on any atom is 0.408 e. The van der Waals surface area contributed by atoms with Gasteiger partial charge in [-0.25, -0.2) is 4.79 Å². The number of ether oxygens (including phenoxy) is 2. The highest BCUT2D eigenvalue weighted by Crippen LogP contribution is 2.13. The molecule has 45 heavy (non-hydrogen) atoms. The van der Waals surface area contributed by atoms with Crippen molar-refractivity contribution in [3.8, 4) is 0 Å². The minimum Gasteiger partial charge on any atom is -0.460 e. The first kappa shape index (κ1) is 39.4. The van der Waals surface area contributed by atoms with Crippen LogP contribution in [0.1, 0.15) is 80.2 Å². The summed E-state index contributed by atoms with van der Waals surface area (Å²) < 4.78 is 10.7. The van der Waals surface area contributed by atoms with Crippen molar-refractivity contribution in [2.45, 2.75) is 111 Å². The van der Waals surface area contributed by atoms with Gasteiger partial charge in [-0.3, -0.25) is 24.0 Å². The Morgan fingerprint density at radius 3 is 1.73 bits per heavy atom. The molecule has 0 fully saturated rings. The number of alkyl carbamates (subject to hydrolysis) is 1. The van der Waals surface area contributed by atoms with Crippen molar-refractivity contribution in [1.29, 1.82) is 0 Å². The van der Waals surface area contributed by atoms with Crippen LogP contribution in [0, 0.1) is 11.8 Å². The first-order chi connectivity index (χ1) is 20.9. The maximum absolute atomic E-state index is 13.6. The van der Waals surface area contributed by atoms with Crippen molar-refractivity contribution in [3.63, 3.8) is 0 Å². The van der Waals surface area contributed by atoms with Gasteiger partial charge in [0.15, 0.2) is 5.78 Å². The predicted molar refractivity (Wildman–Crippen MR) is 170 cm³/mol. The first-order valence-corrected chi connectivity index (χ1v) is 15.6. The van der Waals surface area contributed by atoms with Crippen LogP contribution < -0.4 is 21.3 Å². The molecular formula is C32H49ClN4O8. The van der Waals surface area contributed by atoms with E-state index in [0.29, 0.717) is 0 Å². The van der Waals surface area contributed by atoms with Crippen molar-refractivity contribution in [2.24, 2.45) is 11.8 Å². The molecule has 1 aromatic rings. The molecule has 0 saturated heterocycles. The van der Waals surface area contributed by atoms with Crippen LogP contribution in [-0.4, -0.2) is 71.2 Å². The van der Waals surface area contributed by atoms with Crippen LogP contribution in [0.3, 0.4) is 0 Å². The Labute approximate surface area is 271 Å². The van der Waals surface area contributed by atoms with Crippen LogP contribution in [0.4, 0.5) is 4.79 Å². The molecule has 12 nitrogen and oxygen atoms in total. The number of carbonyl (C=O) groups excluding carboxylic acids is 6. The molecule has 4 atom stereocenters. The topological polar surface area (TPSA) is 169 Å². The Morgan fingerprint density at radius 2 is 1.22 bits per heavy atom. The molecule has 0 aliphatic carbocycles. The molecule has 0 bridgehead atoms. The fraction of sp³-hybridized carbons (Fsp3) is 0.625. The van der Waals surface area contributed by atoms with Crippen LogP contribution in [0.5, 0.6) is 0 Å². The van der Waals surface area contributed by atoms with Crippen molar-refractivity contribution in [1.82, 2.24) is 21.3 Å². The van der Waals surface area contributed by atoms with E-state index in [1.807, 2.05) is 33.8 Å². The molecule has 4 N–H and O–H groups in total. The molecule has 0 aliphatic heterocycles. The van der Waals surface area contributed by atoms with E-state index in [1.54, 1.807) is 45.0 Å². The monoisotopic (exact) mass is 652 g/mol. The first-order valence-electron chi connectivity index (χ1n) is 15.1. The summed E-state index contributed by atoms with van der Waals surface area (Å²) in [5.41, 5.74) is -0.106. The van der Waals surface area contributed by atoms with Gasteiger partial charge in [0.05, 0.1) is 18.3 Å². The SMILES string of the molecule is CC(C)C[C@H](NC(=O)OCc1ccccc1)C(=O)N[C@@H](CC(=O)OC(C)(C)C)C(=O)N[C@@H](CC(C)C)C(=O)N[C@@H](C)C(=O)CCl. The number of Topliss-reactive ketones (excluding diaryl/α,β-unsaturated/α-hetero) is 1. The lowest BCUT2D eigenvalue weighted by Crippen LogP contribution is -2.58. The van der Waals surface area contributed by atoms with Crippen LogP contribution in [0.15, 0.2) is 30.3 Å². The fourth-order valence-electron chi connectivity index (χ4n) is 4.13. The summed E-state index contributed by atoms with van der Waals surface area (Å²) in [6, 6.07) is 4.49. The average molecular weight is 653 g/mol. The van der Waals surface area contributed by atoms with Crippen LogP contribution >= 0.6 is 11.6 Å². The lowest BCUT2D eigenvalue weighted by Gasteiger charge is -2.27. The van der Waals surface area contributed by atoms with Gasteiger partial charge >= 0.3 is 12.1 Å². The molecule has 13 heteroatoms. The number of hydrogen-bond acceptors (Lipinski definition) is 8. The molecule has 0 radical (unpaired) electrons. The van der Waals surface area contributed by atoms with Crippen LogP contribution in [0.25, 0.3) is 0 Å². The van der Waals surface area contributed by atoms with Crippen LogP contribution in [-0.2, 0) is 40.1 Å². The molecule has 0 aliphatic rings. The lowest BCUT2D eigenvalue weighted by atomic mass is 10.0. The van der Waals surface area contributed by atoms with Gasteiger partial charge in [-0.15, -0.1) is 11.6 Å². The Balaban J connectivity index is 3.18. The van der Waals surface area contributed by atoms with Gasteiger partial charge in [0.1, 0.15) is 30.3 Å². The van der Waals surface area contributed by atoms with Gasteiger partial charge in [0.25, 0.3) is 0 Å². The van der Waals surface area contributed by atoms with Gasteiger partial charge in [-0.05, 0) is 57.9 Å². The largest absolute Gasteiger partial charge is 0.460 e. The Hall–Kier alpha value is -3.67. The van der Waals surface area contributed by atoms with Crippen LogP contribution in [0.2, 0.25) is 0 Å². The highest BCUT2D eigenvalue weighted by Gasteiger charge is 2.33. The third-order valence-electron chi connectivity index (χ3n) is 6.27. The van der Waals surface area contributed by atoms with E-state index in [1.165, 1.54) is 6.92 Å². The predicted octanol–water partition coefficient (Wildman–Crippen LogP) is 3.39. The second kappa shape index (κ2) is 19.0. The van der Waals surface area contributed by atoms with Gasteiger partial charge in [0, 0.05) is 0 Å². The fourth-order valence-corrected chi connectivity index (χ4v) is 4.36. The number of nitrogens with one attached hydrogen (secondary N) is 4. The smallest absolute Gasteiger partial charge is 0.408 e. The number of rotatable bonds is 17. The summed E-state index contributed by atoms with van der Waals surface area (Å²) in [7, 11) is 0. The Kier molecular flexibility index (Phi) is 16.6. The number of alkyl halides is 1. The van der Waals surface area contributed by atoms with E-state index < -0.39 is 71.8 Å². The third kappa shape index (κ3) is 16.3. The molecule has 4 amide bonds. The highest BCUT2D eigenvalue weighted by molar-refractivity contribution is 6.28. The standard InChI is InChI=1S/C32H49ClN4O8/c1-19(2)14-23(28(40)34-21(5)26(38)17-33)35-30(42)25(16-27(39)45-32(6,7)8)36-29(41)24(15-20(3)4)37-31(43)44-18-22-12-10-9-11-13-22/h9-13,19-21,23-25H,14-18H2,1-8H3,(H,34,40)(H,35,42)(H,36,41)(H,37,43)/t21-,23-,24-,25-/m0/s1. The zero-order valence-electron chi connectivity index (χ0n) is 27.5. The van der Waals surface area contributed by atoms with Crippen molar-refractivity contribution in [3.05, 3.63) is 35.9 Å². The summed E-state index contributed by atoms with van der Waals surface area (Å²) in [5, 5.41) is 10.3. The summed E-state index contributed by atoms with van der Waals surface area (Å²) >= 11 is 5.61. The van der Waals surface area contributed by atoms with Crippen molar-refractivity contribution in [2.75, 3.05) is 5.88 Å². The molecule has 0 saturated carbocycles. The Morgan fingerprint density at radius 1 is 0.733 bits per heavy atom. The molecular weight excluding hydrogens is 604 g/mol. The molecule has 0 aromatic heterocycles. The zero-order valence-corrected chi connectivity index (χ0v) is 28.3. The number of amides is 4. The normalized spacial score (nSPS) is 14.0. The van der Waals surface area contributed by atoms with E-state index in [9.17, 15) is 28.8 Å². The average Bonchev–Trinajstić information content (AvgIpc) is 2.93. The minimum atomic E-state index is -1.45. The molecule has 1 aromatic carbocycles. The Bertz CT molecular complexity index is 1150. The third-order valence-corrected chi connectivity index (χ3v) is 6.53. The molecule has 0 heterocycles. The molecule has 1 rings (SSSR count). The number of halogens is 1. The molecule has 0 unspecified atom stereocenters. The van der Waals surface area contributed by atoms with Crippen molar-refractivity contribution >= 4 is 47.2 Å². The lowest BCUT2D eigenvalue weighted by molar-refractivity contribution is -0.156. The maximum atomic E-state index is 13.6. The minimum absolute atomic E-state index is 0.0131. The highest BCUT2D eigenvalue weighted by atomic mass is 35.5. The van der Waals surface area contributed by atoms with E-state index in [0.717, 1.165) is 5.56 Å². The molecule has 0 spiro atoms. The zero-order chi connectivity index (χ0) is 34.3. The van der Waals surface area contributed by atoms with E-state index >= 15 is 0 Å². The van der Waals surface area contributed by atoms with Gasteiger partial charge in [-0.2, -0.15) is 0 Å². The summed E-state index contributed by atoms with van der Waals surface area (Å²) in [6.07, 6.45) is -0.962. The second-order valence-electron chi connectivity index (χ2n) is 12.8. The summed E-state index contributed by atoms with van der Waals surface area (Å²) in [4.78, 5) is 77.4. The number of hydrogen-bond donors (Lipinski definition) is 4. The van der Waals surface area contributed by atoms with Gasteiger partial charge in [0.2, 0.25) is 17.7 Å². The number of esters is 1. The van der Waals surface area contributed by atoms with Gasteiger partial charge < -0.3 is 30.7 Å². The van der Waals surface area contributed by atoms with E-state index in [-0.39, 0.29) is 37.2 Å².